The largest absolute Gasteiger partial charge is 0.462 e. The first kappa shape index (κ1) is 21.5. The molecule has 5 rings (SSSR count). The molecule has 10 heteroatoms. The lowest BCUT2D eigenvalue weighted by molar-refractivity contribution is -0.122. The molecule has 0 bridgehead atoms. The number of ether oxygens (including phenoxy) is 3. The summed E-state index contributed by atoms with van der Waals surface area (Å²) in [6, 6.07) is 14.3. The van der Waals surface area contributed by atoms with E-state index >= 15 is 0 Å². The van der Waals surface area contributed by atoms with Gasteiger partial charge in [-0.1, -0.05) is 18.2 Å². The molecule has 174 valence electrons. The Morgan fingerprint density at radius 3 is 2.71 bits per heavy atom. The predicted octanol–water partition coefficient (Wildman–Crippen LogP) is 2.77. The van der Waals surface area contributed by atoms with Crippen LogP contribution in [0, 0.1) is 5.92 Å². The summed E-state index contributed by atoms with van der Waals surface area (Å²) in [5.74, 6) is -0.407. The minimum absolute atomic E-state index is 0.0362. The van der Waals surface area contributed by atoms with Crippen molar-refractivity contribution in [2.24, 2.45) is 5.92 Å². The van der Waals surface area contributed by atoms with Crippen molar-refractivity contribution < 1.29 is 28.6 Å². The monoisotopic (exact) mass is 462 g/mol. The minimum atomic E-state index is -0.618. The van der Waals surface area contributed by atoms with Gasteiger partial charge < -0.3 is 24.4 Å². The number of amides is 2. The summed E-state index contributed by atoms with van der Waals surface area (Å²) in [4.78, 5) is 40.0. The second-order valence-electron chi connectivity index (χ2n) is 7.81. The number of carbonyl (C=O) groups excluding carboxylic acids is 3. The van der Waals surface area contributed by atoms with E-state index in [0.717, 1.165) is 0 Å². The zero-order chi connectivity index (χ0) is 23.7. The molecule has 2 aliphatic heterocycles. The van der Waals surface area contributed by atoms with E-state index < -0.39 is 11.9 Å². The molecule has 1 fully saturated rings. The Morgan fingerprint density at radius 1 is 1.12 bits per heavy atom. The van der Waals surface area contributed by atoms with Crippen molar-refractivity contribution in [2.75, 3.05) is 30.2 Å². The van der Waals surface area contributed by atoms with Gasteiger partial charge in [-0.3, -0.25) is 9.59 Å². The molecule has 34 heavy (non-hydrogen) atoms. The lowest BCUT2D eigenvalue weighted by Gasteiger charge is -2.17. The number of carbonyl (C=O) groups is 3. The molecule has 2 aliphatic rings. The van der Waals surface area contributed by atoms with E-state index in [0.29, 0.717) is 22.9 Å². The fraction of sp³-hybridized carbons (Fsp3) is 0.250. The number of rotatable bonds is 6. The number of esters is 1. The molecule has 1 N–H and O–H groups in total. The number of hydrogen-bond acceptors (Lipinski definition) is 7. The van der Waals surface area contributed by atoms with E-state index in [1.54, 1.807) is 42.2 Å². The molecule has 1 aromatic heterocycles. The van der Waals surface area contributed by atoms with Crippen LogP contribution in [-0.4, -0.2) is 47.5 Å². The van der Waals surface area contributed by atoms with Gasteiger partial charge in [-0.2, -0.15) is 5.10 Å². The van der Waals surface area contributed by atoms with Gasteiger partial charge in [-0.05, 0) is 31.2 Å². The minimum Gasteiger partial charge on any atom is -0.462 e. The van der Waals surface area contributed by atoms with Crippen molar-refractivity contribution in [1.29, 1.82) is 0 Å². The summed E-state index contributed by atoms with van der Waals surface area (Å²) in [7, 11) is 0. The smallest absolute Gasteiger partial charge is 0.343 e. The average molecular weight is 462 g/mol. The summed E-state index contributed by atoms with van der Waals surface area (Å²) in [6.07, 6.45) is 1.40. The van der Waals surface area contributed by atoms with E-state index in [4.69, 9.17) is 14.2 Å². The van der Waals surface area contributed by atoms with Gasteiger partial charge in [0.1, 0.15) is 5.56 Å². The fourth-order valence-electron chi connectivity index (χ4n) is 4.00. The van der Waals surface area contributed by atoms with Gasteiger partial charge in [-0.25, -0.2) is 9.48 Å². The van der Waals surface area contributed by atoms with Crippen LogP contribution in [0.15, 0.2) is 54.7 Å². The molecule has 3 aromatic rings. The van der Waals surface area contributed by atoms with Crippen molar-refractivity contribution in [2.45, 2.75) is 13.3 Å². The number of fused-ring (bicyclic) bond motifs is 1. The van der Waals surface area contributed by atoms with Crippen LogP contribution in [0.5, 0.6) is 11.5 Å². The van der Waals surface area contributed by atoms with Gasteiger partial charge in [0.25, 0.3) is 0 Å². The summed E-state index contributed by atoms with van der Waals surface area (Å²) in [5.41, 5.74) is 1.43. The molecule has 3 heterocycles. The van der Waals surface area contributed by atoms with Crippen LogP contribution in [-0.2, 0) is 14.3 Å². The Bertz CT molecular complexity index is 1260. The highest BCUT2D eigenvalue weighted by Gasteiger charge is 2.36. The molecule has 0 spiro atoms. The van der Waals surface area contributed by atoms with Crippen molar-refractivity contribution in [3.05, 3.63) is 60.3 Å². The number of nitrogens with one attached hydrogen (secondary N) is 1. The lowest BCUT2D eigenvalue weighted by atomic mass is 10.1. The fourth-order valence-corrected chi connectivity index (χ4v) is 4.00. The number of aromatic nitrogens is 2. The highest BCUT2D eigenvalue weighted by atomic mass is 16.7. The molecular formula is C24H22N4O6. The molecule has 1 atom stereocenters. The maximum absolute atomic E-state index is 13.2. The maximum atomic E-state index is 13.2. The van der Waals surface area contributed by atoms with Crippen LogP contribution in [0.25, 0.3) is 5.69 Å². The Kier molecular flexibility index (Phi) is 5.62. The van der Waals surface area contributed by atoms with E-state index in [1.807, 2.05) is 18.2 Å². The Labute approximate surface area is 195 Å². The van der Waals surface area contributed by atoms with Gasteiger partial charge in [0.05, 0.1) is 24.4 Å². The molecule has 0 aliphatic carbocycles. The first-order chi connectivity index (χ1) is 16.5. The number of para-hydroxylation sites is 1. The van der Waals surface area contributed by atoms with Gasteiger partial charge in [0.2, 0.25) is 18.6 Å². The second-order valence-corrected chi connectivity index (χ2v) is 7.81. The second kappa shape index (κ2) is 8.89. The number of hydrogen-bond donors (Lipinski definition) is 1. The molecule has 2 aromatic carbocycles. The zero-order valence-corrected chi connectivity index (χ0v) is 18.4. The van der Waals surface area contributed by atoms with Gasteiger partial charge in [-0.15, -0.1) is 0 Å². The van der Waals surface area contributed by atoms with Crippen molar-refractivity contribution in [3.63, 3.8) is 0 Å². The summed E-state index contributed by atoms with van der Waals surface area (Å²) >= 11 is 0. The van der Waals surface area contributed by atoms with Gasteiger partial charge >= 0.3 is 5.97 Å². The molecule has 0 radical (unpaired) electrons. The molecule has 10 nitrogen and oxygen atoms in total. The van der Waals surface area contributed by atoms with Crippen molar-refractivity contribution in [1.82, 2.24) is 9.78 Å². The lowest BCUT2D eigenvalue weighted by Crippen LogP contribution is -2.29. The number of nitrogens with zero attached hydrogens (tertiary/aromatic N) is 3. The third kappa shape index (κ3) is 3.94. The summed E-state index contributed by atoms with van der Waals surface area (Å²) < 4.78 is 17.3. The van der Waals surface area contributed by atoms with E-state index in [1.165, 1.54) is 10.9 Å². The Balaban J connectivity index is 1.38. The van der Waals surface area contributed by atoms with Crippen LogP contribution < -0.4 is 19.7 Å². The van der Waals surface area contributed by atoms with E-state index in [9.17, 15) is 14.4 Å². The van der Waals surface area contributed by atoms with Crippen LogP contribution >= 0.6 is 0 Å². The molecule has 0 saturated carbocycles. The van der Waals surface area contributed by atoms with Crippen LogP contribution in [0.4, 0.5) is 11.5 Å². The third-order valence-corrected chi connectivity index (χ3v) is 5.67. The topological polar surface area (TPSA) is 112 Å². The van der Waals surface area contributed by atoms with E-state index in [-0.39, 0.29) is 49.6 Å². The van der Waals surface area contributed by atoms with Crippen molar-refractivity contribution in [3.8, 4) is 17.2 Å². The standard InChI is InChI=1S/C24H22N4O6/c1-2-32-24(31)18-12-25-28(16-6-4-3-5-7-16)22(18)26-23(30)15-10-21(29)27(13-15)17-8-9-19-20(11-17)34-14-33-19/h3-9,11-12,15H,2,10,13-14H2,1H3,(H,26,30). The normalized spacial score (nSPS) is 16.6. The number of anilines is 2. The molecule has 1 unspecified atom stereocenters. The van der Waals surface area contributed by atoms with Crippen LogP contribution in [0.3, 0.4) is 0 Å². The van der Waals surface area contributed by atoms with Crippen LogP contribution in [0.2, 0.25) is 0 Å². The SMILES string of the molecule is CCOC(=O)c1cnn(-c2ccccc2)c1NC(=O)C1CC(=O)N(c2ccc3c(c2)OCO3)C1. The quantitative estimate of drug-likeness (QED) is 0.561. The first-order valence-electron chi connectivity index (χ1n) is 10.9. The molecular weight excluding hydrogens is 440 g/mol. The van der Waals surface area contributed by atoms with Crippen LogP contribution in [0.1, 0.15) is 23.7 Å². The summed E-state index contributed by atoms with van der Waals surface area (Å²) in [5, 5.41) is 7.09. The Hall–Kier alpha value is -4.34. The average Bonchev–Trinajstić information content (AvgIpc) is 3.57. The summed E-state index contributed by atoms with van der Waals surface area (Å²) in [6.45, 7) is 2.21. The molecule has 2 amide bonds. The van der Waals surface area contributed by atoms with Gasteiger partial charge in [0, 0.05) is 24.7 Å². The third-order valence-electron chi connectivity index (χ3n) is 5.67. The Morgan fingerprint density at radius 2 is 1.91 bits per heavy atom. The number of benzene rings is 2. The molecule has 1 saturated heterocycles. The van der Waals surface area contributed by atoms with Crippen molar-refractivity contribution >= 4 is 29.3 Å². The highest BCUT2D eigenvalue weighted by molar-refractivity contribution is 6.05. The zero-order valence-electron chi connectivity index (χ0n) is 18.4. The van der Waals surface area contributed by atoms with Gasteiger partial charge in [0.15, 0.2) is 17.3 Å². The van der Waals surface area contributed by atoms with E-state index in [2.05, 4.69) is 10.4 Å². The maximum Gasteiger partial charge on any atom is 0.343 e. The first-order valence-corrected chi connectivity index (χ1v) is 10.9. The predicted molar refractivity (Wildman–Crippen MR) is 121 cm³/mol. The highest BCUT2D eigenvalue weighted by Crippen LogP contribution is 2.37.